The van der Waals surface area contributed by atoms with E-state index in [1.54, 1.807) is 11.1 Å². The second-order valence-corrected chi connectivity index (χ2v) is 4.73. The summed E-state index contributed by atoms with van der Waals surface area (Å²) in [5, 5.41) is 2.75. The van der Waals surface area contributed by atoms with Gasteiger partial charge in [0, 0.05) is 0 Å². The summed E-state index contributed by atoms with van der Waals surface area (Å²) in [6, 6.07) is 6.74. The van der Waals surface area contributed by atoms with E-state index in [1.807, 2.05) is 14.1 Å². The first-order valence-corrected chi connectivity index (χ1v) is 6.38. The van der Waals surface area contributed by atoms with Crippen LogP contribution in [0.5, 0.6) is 0 Å². The van der Waals surface area contributed by atoms with E-state index < -0.39 is 0 Å². The molecule has 90 valence electrons. The van der Waals surface area contributed by atoms with Crippen LogP contribution >= 0.6 is 0 Å². The summed E-state index contributed by atoms with van der Waals surface area (Å²) < 4.78 is 0. The predicted octanol–water partition coefficient (Wildman–Crippen LogP) is 3.35. The molecule has 1 aromatic carbocycles. The minimum absolute atomic E-state index is 0.939. The van der Waals surface area contributed by atoms with Crippen LogP contribution in [0.2, 0.25) is 0 Å². The Labute approximate surface area is 100 Å². The summed E-state index contributed by atoms with van der Waals surface area (Å²) >= 11 is 0. The molecule has 1 heteroatoms. The number of aryl methyl sites for hydroxylation is 2. The van der Waals surface area contributed by atoms with Gasteiger partial charge in [0.1, 0.15) is 0 Å². The average Bonchev–Trinajstić information content (AvgIpc) is 2.30. The fourth-order valence-corrected chi connectivity index (χ4v) is 2.39. The van der Waals surface area contributed by atoms with Crippen LogP contribution in [0.4, 0.5) is 0 Å². The van der Waals surface area contributed by atoms with E-state index in [0.717, 1.165) is 5.92 Å². The van der Waals surface area contributed by atoms with Crippen molar-refractivity contribution in [1.29, 1.82) is 0 Å². The molecule has 0 spiro atoms. The molecule has 1 aliphatic rings. The molecule has 0 saturated carbocycles. The lowest BCUT2D eigenvalue weighted by Crippen LogP contribution is -2.14. The lowest BCUT2D eigenvalue weighted by molar-refractivity contribution is 0.444. The molecule has 0 bridgehead atoms. The Morgan fingerprint density at radius 1 is 1.31 bits per heavy atom. The molecular formula is C15H25N. The summed E-state index contributed by atoms with van der Waals surface area (Å²) in [5.74, 6) is 0.939. The van der Waals surface area contributed by atoms with E-state index in [2.05, 4.69) is 37.4 Å². The first-order chi connectivity index (χ1) is 7.72. The maximum absolute atomic E-state index is 2.75. The highest BCUT2D eigenvalue weighted by Crippen LogP contribution is 2.29. The van der Waals surface area contributed by atoms with Crippen molar-refractivity contribution in [3.05, 3.63) is 34.9 Å². The minimum atomic E-state index is 0.939. The molecule has 1 N–H and O–H groups in total. The molecular weight excluding hydrogens is 194 g/mol. The third kappa shape index (κ3) is 3.34. The molecule has 0 radical (unpaired) electrons. The summed E-state index contributed by atoms with van der Waals surface area (Å²) in [4.78, 5) is 0. The molecule has 2 rings (SSSR count). The van der Waals surface area contributed by atoms with E-state index in [4.69, 9.17) is 0 Å². The number of hydrogen-bond acceptors (Lipinski definition) is 1. The van der Waals surface area contributed by atoms with Gasteiger partial charge in [-0.05, 0) is 62.9 Å². The highest BCUT2D eigenvalue weighted by molar-refractivity contribution is 5.36. The van der Waals surface area contributed by atoms with Gasteiger partial charge in [-0.3, -0.25) is 0 Å². The molecule has 1 atom stereocenters. The maximum Gasteiger partial charge on any atom is -0.0167 e. The quantitative estimate of drug-likeness (QED) is 0.764. The topological polar surface area (TPSA) is 12.0 Å². The molecule has 1 aromatic rings. The standard InChI is InChI=1S/C13H18.C2H7N/c1-3-11-7-8-12-6-4-5-10(2)13(12)9-11;1-3-2/h4-6,11H,3,7-9H2,1-2H3;3H,1-2H3. The summed E-state index contributed by atoms with van der Waals surface area (Å²) in [6.45, 7) is 4.56. The van der Waals surface area contributed by atoms with Crippen molar-refractivity contribution in [2.75, 3.05) is 14.1 Å². The van der Waals surface area contributed by atoms with E-state index in [9.17, 15) is 0 Å². The lowest BCUT2D eigenvalue weighted by atomic mass is 9.81. The monoisotopic (exact) mass is 219 g/mol. The fourth-order valence-electron chi connectivity index (χ4n) is 2.39. The summed E-state index contributed by atoms with van der Waals surface area (Å²) in [7, 11) is 3.75. The molecule has 1 nitrogen and oxygen atoms in total. The number of nitrogens with one attached hydrogen (secondary N) is 1. The fraction of sp³-hybridized carbons (Fsp3) is 0.600. The SMILES string of the molecule is CCC1CCc2cccc(C)c2C1.CNC. The predicted molar refractivity (Wildman–Crippen MR) is 72.0 cm³/mol. The van der Waals surface area contributed by atoms with Crippen molar-refractivity contribution in [2.24, 2.45) is 5.92 Å². The molecule has 0 fully saturated rings. The van der Waals surface area contributed by atoms with Gasteiger partial charge in [0.2, 0.25) is 0 Å². The Morgan fingerprint density at radius 3 is 2.62 bits per heavy atom. The van der Waals surface area contributed by atoms with Crippen LogP contribution in [0, 0.1) is 12.8 Å². The normalized spacial score (nSPS) is 18.4. The van der Waals surface area contributed by atoms with Gasteiger partial charge in [-0.15, -0.1) is 0 Å². The van der Waals surface area contributed by atoms with E-state index in [0.29, 0.717) is 0 Å². The van der Waals surface area contributed by atoms with Gasteiger partial charge in [0.25, 0.3) is 0 Å². The largest absolute Gasteiger partial charge is 0.323 e. The Hall–Kier alpha value is -0.820. The summed E-state index contributed by atoms with van der Waals surface area (Å²) in [6.07, 6.45) is 5.36. The van der Waals surface area contributed by atoms with Crippen molar-refractivity contribution in [2.45, 2.75) is 39.5 Å². The van der Waals surface area contributed by atoms with E-state index in [1.165, 1.54) is 31.2 Å². The third-order valence-electron chi connectivity index (χ3n) is 3.40. The van der Waals surface area contributed by atoms with Crippen LogP contribution in [-0.4, -0.2) is 14.1 Å². The van der Waals surface area contributed by atoms with Crippen LogP contribution in [0.3, 0.4) is 0 Å². The highest BCUT2D eigenvalue weighted by atomic mass is 14.7. The zero-order valence-corrected chi connectivity index (χ0v) is 11.1. The Balaban J connectivity index is 0.000000386. The van der Waals surface area contributed by atoms with Crippen LogP contribution in [0.1, 0.15) is 36.5 Å². The van der Waals surface area contributed by atoms with Crippen molar-refractivity contribution in [3.8, 4) is 0 Å². The van der Waals surface area contributed by atoms with Gasteiger partial charge in [-0.2, -0.15) is 0 Å². The zero-order chi connectivity index (χ0) is 12.0. The van der Waals surface area contributed by atoms with Crippen LogP contribution in [-0.2, 0) is 12.8 Å². The molecule has 16 heavy (non-hydrogen) atoms. The van der Waals surface area contributed by atoms with Crippen molar-refractivity contribution >= 4 is 0 Å². The van der Waals surface area contributed by atoms with Gasteiger partial charge < -0.3 is 5.32 Å². The van der Waals surface area contributed by atoms with Crippen LogP contribution in [0.25, 0.3) is 0 Å². The van der Waals surface area contributed by atoms with Crippen molar-refractivity contribution in [3.63, 3.8) is 0 Å². The first-order valence-electron chi connectivity index (χ1n) is 6.38. The number of fused-ring (bicyclic) bond motifs is 1. The highest BCUT2D eigenvalue weighted by Gasteiger charge is 2.17. The molecule has 1 aliphatic carbocycles. The second-order valence-electron chi connectivity index (χ2n) is 4.73. The number of hydrogen-bond donors (Lipinski definition) is 1. The Morgan fingerprint density at radius 2 is 2.00 bits per heavy atom. The van der Waals surface area contributed by atoms with Crippen molar-refractivity contribution in [1.82, 2.24) is 5.32 Å². The molecule has 0 aliphatic heterocycles. The molecule has 1 unspecified atom stereocenters. The smallest absolute Gasteiger partial charge is 0.0167 e. The molecule has 0 amide bonds. The van der Waals surface area contributed by atoms with Crippen LogP contribution in [0.15, 0.2) is 18.2 Å². The Kier molecular flexibility index (Phi) is 5.54. The van der Waals surface area contributed by atoms with Crippen molar-refractivity contribution < 1.29 is 0 Å². The minimum Gasteiger partial charge on any atom is -0.323 e. The Bertz CT molecular complexity index is 317. The van der Waals surface area contributed by atoms with E-state index in [-0.39, 0.29) is 0 Å². The third-order valence-corrected chi connectivity index (χ3v) is 3.40. The first kappa shape index (κ1) is 13.2. The van der Waals surface area contributed by atoms with Gasteiger partial charge >= 0.3 is 0 Å². The zero-order valence-electron chi connectivity index (χ0n) is 11.1. The molecule has 0 saturated heterocycles. The summed E-state index contributed by atoms with van der Waals surface area (Å²) in [5.41, 5.74) is 4.74. The molecule has 0 heterocycles. The lowest BCUT2D eigenvalue weighted by Gasteiger charge is -2.24. The van der Waals surface area contributed by atoms with Crippen LogP contribution < -0.4 is 5.32 Å². The van der Waals surface area contributed by atoms with Gasteiger partial charge in [0.05, 0.1) is 0 Å². The number of benzene rings is 1. The second kappa shape index (κ2) is 6.70. The maximum atomic E-state index is 2.75. The van der Waals surface area contributed by atoms with Gasteiger partial charge in [0.15, 0.2) is 0 Å². The molecule has 0 aromatic heterocycles. The van der Waals surface area contributed by atoms with Gasteiger partial charge in [-0.1, -0.05) is 31.5 Å². The van der Waals surface area contributed by atoms with Gasteiger partial charge in [-0.25, -0.2) is 0 Å². The average molecular weight is 219 g/mol. The van der Waals surface area contributed by atoms with E-state index >= 15 is 0 Å². The number of rotatable bonds is 1.